The molecule has 0 atom stereocenters. The lowest BCUT2D eigenvalue weighted by atomic mass is 10.1. The van der Waals surface area contributed by atoms with Crippen LogP contribution in [0.1, 0.15) is 12.0 Å². The molecule has 0 aliphatic heterocycles. The molecule has 0 spiro atoms. The highest BCUT2D eigenvalue weighted by Crippen LogP contribution is 2.00. The summed E-state index contributed by atoms with van der Waals surface area (Å²) < 4.78 is 1.72. The van der Waals surface area contributed by atoms with Crippen LogP contribution in [0, 0.1) is 0 Å². The number of aromatic nitrogens is 2. The van der Waals surface area contributed by atoms with Gasteiger partial charge in [-0.1, -0.05) is 0 Å². The first-order valence-electron chi connectivity index (χ1n) is 4.72. The molecular formula is C10H17N3O. The van der Waals surface area contributed by atoms with Gasteiger partial charge in [-0.25, -0.2) is 0 Å². The van der Waals surface area contributed by atoms with E-state index in [9.17, 15) is 4.79 Å². The molecule has 1 heterocycles. The highest BCUT2D eigenvalue weighted by atomic mass is 16.1. The Morgan fingerprint density at radius 3 is 2.79 bits per heavy atom. The Hall–Kier alpha value is -1.16. The summed E-state index contributed by atoms with van der Waals surface area (Å²) in [5, 5.41) is 4.02. The van der Waals surface area contributed by atoms with Crippen molar-refractivity contribution in [3.63, 3.8) is 0 Å². The Kier molecular flexibility index (Phi) is 3.83. The maximum Gasteiger partial charge on any atom is 0.138 e. The lowest BCUT2D eigenvalue weighted by molar-refractivity contribution is -0.118. The molecule has 0 radical (unpaired) electrons. The number of rotatable bonds is 5. The molecule has 1 aromatic rings. The maximum atomic E-state index is 11.5. The second-order valence-corrected chi connectivity index (χ2v) is 3.79. The number of ketones is 1. The van der Waals surface area contributed by atoms with Gasteiger partial charge in [0.1, 0.15) is 5.78 Å². The van der Waals surface area contributed by atoms with Gasteiger partial charge in [-0.3, -0.25) is 9.48 Å². The molecule has 0 fully saturated rings. The van der Waals surface area contributed by atoms with Crippen LogP contribution in [-0.2, 0) is 18.3 Å². The van der Waals surface area contributed by atoms with Gasteiger partial charge in [0.05, 0.1) is 6.20 Å². The molecular weight excluding hydrogens is 178 g/mol. The third kappa shape index (κ3) is 3.70. The van der Waals surface area contributed by atoms with Crippen molar-refractivity contribution >= 4 is 5.78 Å². The van der Waals surface area contributed by atoms with Crippen molar-refractivity contribution in [3.8, 4) is 0 Å². The summed E-state index contributed by atoms with van der Waals surface area (Å²) in [5.41, 5.74) is 0.997. The van der Waals surface area contributed by atoms with Gasteiger partial charge in [0.25, 0.3) is 0 Å². The molecule has 0 aromatic carbocycles. The number of carbonyl (C=O) groups is 1. The maximum absolute atomic E-state index is 11.5. The standard InChI is InChI=1S/C10H17N3O/c1-12(2)5-4-10(14)6-9-7-11-13(3)8-9/h7-8H,4-6H2,1-3H3. The minimum Gasteiger partial charge on any atom is -0.309 e. The first-order chi connectivity index (χ1) is 6.58. The highest BCUT2D eigenvalue weighted by molar-refractivity contribution is 5.80. The third-order valence-electron chi connectivity index (χ3n) is 2.00. The summed E-state index contributed by atoms with van der Waals surface area (Å²) in [6.07, 6.45) is 4.74. The first kappa shape index (κ1) is 10.9. The van der Waals surface area contributed by atoms with E-state index in [1.165, 1.54) is 0 Å². The van der Waals surface area contributed by atoms with E-state index in [1.54, 1.807) is 10.9 Å². The van der Waals surface area contributed by atoms with Crippen molar-refractivity contribution in [2.75, 3.05) is 20.6 Å². The largest absolute Gasteiger partial charge is 0.309 e. The molecule has 0 unspecified atom stereocenters. The number of hydrogen-bond donors (Lipinski definition) is 0. The number of nitrogens with zero attached hydrogens (tertiary/aromatic N) is 3. The van der Waals surface area contributed by atoms with Crippen LogP contribution in [0.5, 0.6) is 0 Å². The van der Waals surface area contributed by atoms with E-state index in [2.05, 4.69) is 5.10 Å². The minimum absolute atomic E-state index is 0.270. The van der Waals surface area contributed by atoms with E-state index in [1.807, 2.05) is 32.2 Å². The smallest absolute Gasteiger partial charge is 0.138 e. The summed E-state index contributed by atoms with van der Waals surface area (Å²) in [5.74, 6) is 0.270. The van der Waals surface area contributed by atoms with Crippen molar-refractivity contribution < 1.29 is 4.79 Å². The van der Waals surface area contributed by atoms with Crippen LogP contribution < -0.4 is 0 Å². The van der Waals surface area contributed by atoms with Crippen LogP contribution in [-0.4, -0.2) is 41.1 Å². The Morgan fingerprint density at radius 1 is 1.57 bits per heavy atom. The van der Waals surface area contributed by atoms with Crippen LogP contribution in [0.4, 0.5) is 0 Å². The lowest BCUT2D eigenvalue weighted by Crippen LogP contribution is -2.17. The zero-order valence-corrected chi connectivity index (χ0v) is 9.03. The fourth-order valence-corrected chi connectivity index (χ4v) is 1.23. The zero-order valence-electron chi connectivity index (χ0n) is 9.03. The average molecular weight is 195 g/mol. The summed E-state index contributed by atoms with van der Waals surface area (Å²) >= 11 is 0. The predicted molar refractivity (Wildman–Crippen MR) is 55.1 cm³/mol. The molecule has 1 rings (SSSR count). The summed E-state index contributed by atoms with van der Waals surface area (Å²) in [6.45, 7) is 0.819. The molecule has 0 bridgehead atoms. The summed E-state index contributed by atoms with van der Waals surface area (Å²) in [7, 11) is 5.79. The Morgan fingerprint density at radius 2 is 2.29 bits per heavy atom. The van der Waals surface area contributed by atoms with Crippen LogP contribution in [0.3, 0.4) is 0 Å². The molecule has 0 aliphatic carbocycles. The first-order valence-corrected chi connectivity index (χ1v) is 4.72. The van der Waals surface area contributed by atoms with Crippen LogP contribution in [0.25, 0.3) is 0 Å². The molecule has 0 amide bonds. The molecule has 0 aliphatic rings. The summed E-state index contributed by atoms with van der Waals surface area (Å²) in [4.78, 5) is 13.5. The van der Waals surface area contributed by atoms with Crippen molar-refractivity contribution in [2.24, 2.45) is 7.05 Å². The molecule has 78 valence electrons. The number of carbonyl (C=O) groups excluding carboxylic acids is 1. The molecule has 0 saturated carbocycles. The fourth-order valence-electron chi connectivity index (χ4n) is 1.23. The number of hydrogen-bond acceptors (Lipinski definition) is 3. The SMILES string of the molecule is CN(C)CCC(=O)Cc1cnn(C)c1. The third-order valence-corrected chi connectivity index (χ3v) is 2.00. The molecule has 0 saturated heterocycles. The minimum atomic E-state index is 0.270. The van der Waals surface area contributed by atoms with E-state index >= 15 is 0 Å². The average Bonchev–Trinajstić information content (AvgIpc) is 2.48. The topological polar surface area (TPSA) is 38.1 Å². The van der Waals surface area contributed by atoms with E-state index in [0.29, 0.717) is 12.8 Å². The quantitative estimate of drug-likeness (QED) is 0.686. The fraction of sp³-hybridized carbons (Fsp3) is 0.600. The van der Waals surface area contributed by atoms with E-state index < -0.39 is 0 Å². The normalized spacial score (nSPS) is 10.9. The van der Waals surface area contributed by atoms with E-state index in [0.717, 1.165) is 12.1 Å². The van der Waals surface area contributed by atoms with Gasteiger partial charge in [-0.2, -0.15) is 5.10 Å². The van der Waals surface area contributed by atoms with Gasteiger partial charge >= 0.3 is 0 Å². The summed E-state index contributed by atoms with van der Waals surface area (Å²) in [6, 6.07) is 0. The Bertz CT molecular complexity index is 304. The van der Waals surface area contributed by atoms with Crippen LogP contribution in [0.2, 0.25) is 0 Å². The zero-order chi connectivity index (χ0) is 10.6. The van der Waals surface area contributed by atoms with Gasteiger partial charge < -0.3 is 4.90 Å². The second kappa shape index (κ2) is 4.91. The van der Waals surface area contributed by atoms with Crippen molar-refractivity contribution in [1.29, 1.82) is 0 Å². The van der Waals surface area contributed by atoms with Gasteiger partial charge in [-0.05, 0) is 19.7 Å². The van der Waals surface area contributed by atoms with Crippen molar-refractivity contribution in [1.82, 2.24) is 14.7 Å². The van der Waals surface area contributed by atoms with Gasteiger partial charge in [0.2, 0.25) is 0 Å². The van der Waals surface area contributed by atoms with Gasteiger partial charge in [-0.15, -0.1) is 0 Å². The van der Waals surface area contributed by atoms with Crippen molar-refractivity contribution in [3.05, 3.63) is 18.0 Å². The van der Waals surface area contributed by atoms with Gasteiger partial charge in [0, 0.05) is 32.6 Å². The number of Topliss-reactive ketones (excluding diaryl/α,β-unsaturated/α-hetero) is 1. The van der Waals surface area contributed by atoms with Crippen LogP contribution in [0.15, 0.2) is 12.4 Å². The monoisotopic (exact) mass is 195 g/mol. The highest BCUT2D eigenvalue weighted by Gasteiger charge is 2.05. The molecule has 14 heavy (non-hydrogen) atoms. The number of aryl methyl sites for hydroxylation is 1. The second-order valence-electron chi connectivity index (χ2n) is 3.79. The Labute approximate surface area is 84.5 Å². The van der Waals surface area contributed by atoms with E-state index in [-0.39, 0.29) is 5.78 Å². The predicted octanol–water partition coefficient (Wildman–Crippen LogP) is 0.483. The van der Waals surface area contributed by atoms with Crippen LogP contribution >= 0.6 is 0 Å². The van der Waals surface area contributed by atoms with Gasteiger partial charge in [0.15, 0.2) is 0 Å². The molecule has 4 nitrogen and oxygen atoms in total. The molecule has 1 aromatic heterocycles. The Balaban J connectivity index is 2.34. The lowest BCUT2D eigenvalue weighted by Gasteiger charge is -2.07. The molecule has 0 N–H and O–H groups in total. The molecule has 4 heteroatoms. The van der Waals surface area contributed by atoms with E-state index in [4.69, 9.17) is 0 Å². The van der Waals surface area contributed by atoms with Crippen molar-refractivity contribution in [2.45, 2.75) is 12.8 Å².